The second-order valence-corrected chi connectivity index (χ2v) is 6.08. The van der Waals surface area contributed by atoms with E-state index in [1.165, 1.54) is 0 Å². The van der Waals surface area contributed by atoms with Crippen molar-refractivity contribution in [1.29, 1.82) is 0 Å². The van der Waals surface area contributed by atoms with Gasteiger partial charge in [-0.3, -0.25) is 9.79 Å². The first-order valence-electron chi connectivity index (χ1n) is 7.11. The van der Waals surface area contributed by atoms with E-state index in [-0.39, 0.29) is 30.1 Å². The first-order valence-corrected chi connectivity index (χ1v) is 7.11. The molecule has 2 N–H and O–H groups in total. The van der Waals surface area contributed by atoms with E-state index in [2.05, 4.69) is 4.99 Å². The Bertz CT molecular complexity index is 585. The van der Waals surface area contributed by atoms with Crippen molar-refractivity contribution >= 4 is 17.3 Å². The normalized spacial score (nSPS) is 22.4. The highest BCUT2D eigenvalue weighted by molar-refractivity contribution is 6.28. The molecule has 1 aliphatic carbocycles. The van der Waals surface area contributed by atoms with Gasteiger partial charge in [-0.05, 0) is 11.8 Å². The van der Waals surface area contributed by atoms with Crippen LogP contribution in [0.2, 0.25) is 0 Å². The molecule has 1 aromatic rings. The zero-order valence-electron chi connectivity index (χ0n) is 12.5. The van der Waals surface area contributed by atoms with Crippen molar-refractivity contribution in [2.45, 2.75) is 26.7 Å². The summed E-state index contributed by atoms with van der Waals surface area (Å²) in [5, 5.41) is 19.4. The summed E-state index contributed by atoms with van der Waals surface area (Å²) in [6.45, 7) is 4.19. The third-order valence-electron chi connectivity index (χ3n) is 3.54. The third kappa shape index (κ3) is 3.58. The number of carbonyl (C=O) groups is 1. The number of rotatable bonds is 3. The number of aliphatic hydroxyl groups is 2. The highest BCUT2D eigenvalue weighted by Gasteiger charge is 2.36. The highest BCUT2D eigenvalue weighted by atomic mass is 16.3. The Morgan fingerprint density at radius 2 is 1.90 bits per heavy atom. The summed E-state index contributed by atoms with van der Waals surface area (Å²) in [5.74, 6) is -0.114. The van der Waals surface area contributed by atoms with Crippen molar-refractivity contribution < 1.29 is 15.0 Å². The Hall–Kier alpha value is -1.94. The fourth-order valence-electron chi connectivity index (χ4n) is 2.62. The first-order chi connectivity index (χ1) is 9.94. The molecule has 21 heavy (non-hydrogen) atoms. The Labute approximate surface area is 124 Å². The van der Waals surface area contributed by atoms with Gasteiger partial charge in [0.1, 0.15) is 5.76 Å². The first kappa shape index (κ1) is 15.4. The average Bonchev–Trinajstić information content (AvgIpc) is 2.44. The third-order valence-corrected chi connectivity index (χ3v) is 3.54. The molecule has 0 bridgehead atoms. The van der Waals surface area contributed by atoms with Gasteiger partial charge in [0.25, 0.3) is 0 Å². The van der Waals surface area contributed by atoms with Crippen LogP contribution < -0.4 is 0 Å². The molecule has 2 rings (SSSR count). The molecular weight excluding hydrogens is 266 g/mol. The van der Waals surface area contributed by atoms with Gasteiger partial charge >= 0.3 is 0 Å². The number of aliphatic imine (C=N–C) groups is 1. The van der Waals surface area contributed by atoms with Crippen LogP contribution in [0.15, 0.2) is 40.9 Å². The van der Waals surface area contributed by atoms with Gasteiger partial charge < -0.3 is 10.2 Å². The molecule has 0 aromatic heterocycles. The Morgan fingerprint density at radius 3 is 2.52 bits per heavy atom. The molecule has 0 unspecified atom stereocenters. The number of hydrogen-bond donors (Lipinski definition) is 2. The summed E-state index contributed by atoms with van der Waals surface area (Å²) in [5.41, 5.74) is 1.32. The van der Waals surface area contributed by atoms with Crippen LogP contribution in [0.5, 0.6) is 0 Å². The minimum Gasteiger partial charge on any atom is -0.506 e. The zero-order valence-corrected chi connectivity index (χ0v) is 12.5. The quantitative estimate of drug-likeness (QED) is 0.663. The number of carbonyl (C=O) groups excluding carboxylic acids is 1. The summed E-state index contributed by atoms with van der Waals surface area (Å²) in [4.78, 5) is 16.7. The van der Waals surface area contributed by atoms with Gasteiger partial charge in [-0.25, -0.2) is 0 Å². The number of benzene rings is 1. The van der Waals surface area contributed by atoms with Gasteiger partial charge in [-0.1, -0.05) is 44.2 Å². The highest BCUT2D eigenvalue weighted by Crippen LogP contribution is 2.36. The lowest BCUT2D eigenvalue weighted by Crippen LogP contribution is -2.32. The summed E-state index contributed by atoms with van der Waals surface area (Å²) in [7, 11) is 0. The van der Waals surface area contributed by atoms with E-state index in [0.717, 1.165) is 0 Å². The van der Waals surface area contributed by atoms with Crippen molar-refractivity contribution in [3.63, 3.8) is 0 Å². The van der Waals surface area contributed by atoms with Crippen LogP contribution in [0.1, 0.15) is 32.3 Å². The molecule has 0 saturated heterocycles. The predicted molar refractivity (Wildman–Crippen MR) is 83.4 cm³/mol. The maximum atomic E-state index is 12.4. The fraction of sp³-hybridized carbons (Fsp3) is 0.412. The standard InChI is InChI=1S/C17H21NO3/c1-17(2)10-13(18-8-9-19)15(14(20)11-17)16(21)12-6-4-3-5-7-12/h3-7,19,21H,8-11H2,1-2H3/b16-15-,18-13?. The van der Waals surface area contributed by atoms with E-state index in [4.69, 9.17) is 5.11 Å². The fourth-order valence-corrected chi connectivity index (χ4v) is 2.62. The maximum absolute atomic E-state index is 12.4. The number of hydrogen-bond acceptors (Lipinski definition) is 4. The lowest BCUT2D eigenvalue weighted by molar-refractivity contribution is -0.117. The number of nitrogens with zero attached hydrogens (tertiary/aromatic N) is 1. The average molecular weight is 287 g/mol. The molecule has 1 fully saturated rings. The molecule has 0 spiro atoms. The molecule has 0 aliphatic heterocycles. The van der Waals surface area contributed by atoms with Gasteiger partial charge in [0, 0.05) is 17.7 Å². The topological polar surface area (TPSA) is 69.9 Å². The molecule has 0 heterocycles. The van der Waals surface area contributed by atoms with Gasteiger partial charge in [0.2, 0.25) is 0 Å². The molecule has 0 amide bonds. The zero-order chi connectivity index (χ0) is 15.5. The van der Waals surface area contributed by atoms with E-state index in [1.807, 2.05) is 32.0 Å². The van der Waals surface area contributed by atoms with E-state index < -0.39 is 0 Å². The van der Waals surface area contributed by atoms with E-state index in [1.54, 1.807) is 12.1 Å². The molecule has 4 heteroatoms. The molecule has 4 nitrogen and oxygen atoms in total. The lowest BCUT2D eigenvalue weighted by Gasteiger charge is -2.31. The number of aliphatic hydroxyl groups excluding tert-OH is 2. The summed E-state index contributed by atoms with van der Waals surface area (Å²) in [6, 6.07) is 9.01. The molecule has 1 aliphatic rings. The van der Waals surface area contributed by atoms with Crippen molar-refractivity contribution in [1.82, 2.24) is 0 Å². The van der Waals surface area contributed by atoms with E-state index in [9.17, 15) is 9.90 Å². The van der Waals surface area contributed by atoms with Crippen LogP contribution in [-0.4, -0.2) is 34.9 Å². The Morgan fingerprint density at radius 1 is 1.24 bits per heavy atom. The van der Waals surface area contributed by atoms with Crippen LogP contribution in [0.25, 0.3) is 5.76 Å². The van der Waals surface area contributed by atoms with Crippen LogP contribution >= 0.6 is 0 Å². The molecule has 1 saturated carbocycles. The van der Waals surface area contributed by atoms with Gasteiger partial charge in [-0.15, -0.1) is 0 Å². The van der Waals surface area contributed by atoms with Crippen LogP contribution in [0.4, 0.5) is 0 Å². The smallest absolute Gasteiger partial charge is 0.168 e. The van der Waals surface area contributed by atoms with Crippen LogP contribution in [0.3, 0.4) is 0 Å². The number of Topliss-reactive ketones (excluding diaryl/α,β-unsaturated/α-hetero) is 1. The largest absolute Gasteiger partial charge is 0.506 e. The molecule has 1 aromatic carbocycles. The summed E-state index contributed by atoms with van der Waals surface area (Å²) in [6.07, 6.45) is 1.00. The van der Waals surface area contributed by atoms with Gasteiger partial charge in [0.15, 0.2) is 5.78 Å². The number of allylic oxidation sites excluding steroid dienone is 1. The van der Waals surface area contributed by atoms with E-state index in [0.29, 0.717) is 29.7 Å². The lowest BCUT2D eigenvalue weighted by atomic mass is 9.73. The van der Waals surface area contributed by atoms with Crippen LogP contribution in [-0.2, 0) is 4.79 Å². The molecular formula is C17H21NO3. The maximum Gasteiger partial charge on any atom is 0.168 e. The Kier molecular flexibility index (Phi) is 4.58. The van der Waals surface area contributed by atoms with Crippen molar-refractivity contribution in [2.24, 2.45) is 10.4 Å². The van der Waals surface area contributed by atoms with Crippen molar-refractivity contribution in [3.05, 3.63) is 41.5 Å². The minimum atomic E-state index is -0.175. The van der Waals surface area contributed by atoms with Gasteiger partial charge in [-0.2, -0.15) is 0 Å². The van der Waals surface area contributed by atoms with Gasteiger partial charge in [0.05, 0.1) is 18.7 Å². The van der Waals surface area contributed by atoms with Crippen molar-refractivity contribution in [2.75, 3.05) is 13.2 Å². The van der Waals surface area contributed by atoms with Crippen LogP contribution in [0, 0.1) is 5.41 Å². The predicted octanol–water partition coefficient (Wildman–Crippen LogP) is 2.78. The summed E-state index contributed by atoms with van der Waals surface area (Å²) < 4.78 is 0. The molecule has 112 valence electrons. The van der Waals surface area contributed by atoms with E-state index >= 15 is 0 Å². The monoisotopic (exact) mass is 287 g/mol. The molecule has 0 atom stereocenters. The van der Waals surface area contributed by atoms with Crippen molar-refractivity contribution in [3.8, 4) is 0 Å². The number of ketones is 1. The minimum absolute atomic E-state index is 0.0206. The molecule has 0 radical (unpaired) electrons. The Balaban J connectivity index is 2.50. The second kappa shape index (κ2) is 6.22. The second-order valence-electron chi connectivity index (χ2n) is 6.08. The summed E-state index contributed by atoms with van der Waals surface area (Å²) >= 11 is 0. The SMILES string of the molecule is CC1(C)CC(=O)/C(=C(\O)c2ccccc2)C(=NCCO)C1.